The number of aryl methyl sites for hydroxylation is 1. The van der Waals surface area contributed by atoms with E-state index in [9.17, 15) is 30.8 Å². The summed E-state index contributed by atoms with van der Waals surface area (Å²) >= 11 is 0. The molecule has 3 rings (SSSR count). The van der Waals surface area contributed by atoms with Crippen molar-refractivity contribution in [2.24, 2.45) is 0 Å². The van der Waals surface area contributed by atoms with Gasteiger partial charge in [0.15, 0.2) is 0 Å². The molecular formula is C21H23F4N3O3S. The number of alkyl halides is 3. The number of sulfonamides is 1. The first-order valence-electron chi connectivity index (χ1n) is 9.87. The Morgan fingerprint density at radius 3 is 2.38 bits per heavy atom. The number of hydrogen-bond acceptors (Lipinski definition) is 4. The van der Waals surface area contributed by atoms with Gasteiger partial charge in [0.2, 0.25) is 15.9 Å². The molecule has 0 unspecified atom stereocenters. The smallest absolute Gasteiger partial charge is 0.369 e. The molecule has 1 aliphatic rings. The maximum atomic E-state index is 13.2. The molecule has 11 heteroatoms. The van der Waals surface area contributed by atoms with Crippen LogP contribution in [0.3, 0.4) is 0 Å². The number of halogens is 4. The predicted octanol–water partition coefficient (Wildman–Crippen LogP) is 2.92. The van der Waals surface area contributed by atoms with Crippen molar-refractivity contribution >= 4 is 21.6 Å². The summed E-state index contributed by atoms with van der Waals surface area (Å²) in [6, 6.07) is 9.93. The van der Waals surface area contributed by atoms with E-state index >= 15 is 0 Å². The van der Waals surface area contributed by atoms with Gasteiger partial charge in [-0.25, -0.2) is 12.8 Å². The fraction of sp³-hybridized carbons (Fsp3) is 0.381. The molecule has 0 saturated carbocycles. The van der Waals surface area contributed by atoms with Crippen LogP contribution in [0.2, 0.25) is 0 Å². The Labute approximate surface area is 183 Å². The second-order valence-electron chi connectivity index (χ2n) is 7.56. The Morgan fingerprint density at radius 1 is 1.06 bits per heavy atom. The van der Waals surface area contributed by atoms with Crippen LogP contribution in [0.25, 0.3) is 0 Å². The van der Waals surface area contributed by atoms with Gasteiger partial charge in [-0.05, 0) is 42.3 Å². The maximum absolute atomic E-state index is 13.2. The summed E-state index contributed by atoms with van der Waals surface area (Å²) in [5.41, 5.74) is 0.507. The molecule has 0 atom stereocenters. The lowest BCUT2D eigenvalue weighted by Crippen LogP contribution is -2.50. The first-order valence-corrected chi connectivity index (χ1v) is 11.5. The van der Waals surface area contributed by atoms with Crippen molar-refractivity contribution in [2.45, 2.75) is 19.6 Å². The summed E-state index contributed by atoms with van der Waals surface area (Å²) in [5, 5.41) is 2.19. The molecule has 0 aliphatic carbocycles. The first kappa shape index (κ1) is 24.0. The minimum absolute atomic E-state index is 0.194. The van der Waals surface area contributed by atoms with E-state index in [2.05, 4.69) is 5.32 Å². The molecule has 0 spiro atoms. The zero-order valence-electron chi connectivity index (χ0n) is 17.3. The number of amides is 1. The van der Waals surface area contributed by atoms with Gasteiger partial charge in [-0.2, -0.15) is 17.5 Å². The number of anilines is 1. The molecular weight excluding hydrogens is 450 g/mol. The van der Waals surface area contributed by atoms with Gasteiger partial charge in [-0.15, -0.1) is 0 Å². The van der Waals surface area contributed by atoms with Gasteiger partial charge in [0.25, 0.3) is 0 Å². The minimum atomic E-state index is -4.80. The summed E-state index contributed by atoms with van der Waals surface area (Å²) in [6.45, 7) is 2.69. The molecule has 6 nitrogen and oxygen atoms in total. The number of carbonyl (C=O) groups is 1. The average Bonchev–Trinajstić information content (AvgIpc) is 2.72. The van der Waals surface area contributed by atoms with Gasteiger partial charge < -0.3 is 10.2 Å². The van der Waals surface area contributed by atoms with Crippen molar-refractivity contribution in [3.05, 3.63) is 65.0 Å². The summed E-state index contributed by atoms with van der Waals surface area (Å²) in [6.07, 6.45) is -4.80. The van der Waals surface area contributed by atoms with Crippen molar-refractivity contribution in [1.82, 2.24) is 9.62 Å². The molecule has 0 aromatic heterocycles. The normalized spacial score (nSPS) is 15.6. The van der Waals surface area contributed by atoms with Gasteiger partial charge in [-0.3, -0.25) is 4.79 Å². The number of nitrogens with one attached hydrogen (secondary N) is 1. The van der Waals surface area contributed by atoms with E-state index in [1.807, 2.05) is 36.1 Å². The standard InChI is InChI=1S/C21H23F4N3O3S/c1-15-3-2-4-18(11-15)27-7-9-28(10-8-27)32(30,31)14-20(29)26-13-16-5-6-17(22)12-19(16)21(23,24)25/h2-6,11-12H,7-10,13-14H2,1H3,(H,26,29). The number of hydrogen-bond donors (Lipinski definition) is 1. The lowest BCUT2D eigenvalue weighted by Gasteiger charge is -2.35. The molecule has 1 N–H and O–H groups in total. The number of rotatable bonds is 6. The summed E-state index contributed by atoms with van der Waals surface area (Å²) in [5.74, 6) is -2.86. The maximum Gasteiger partial charge on any atom is 0.416 e. The van der Waals surface area contributed by atoms with Gasteiger partial charge in [0, 0.05) is 38.4 Å². The second-order valence-corrected chi connectivity index (χ2v) is 9.53. The van der Waals surface area contributed by atoms with Crippen molar-refractivity contribution in [3.8, 4) is 0 Å². The van der Waals surface area contributed by atoms with Crippen LogP contribution in [-0.2, 0) is 27.5 Å². The Hall–Kier alpha value is -2.66. The highest BCUT2D eigenvalue weighted by Crippen LogP contribution is 2.32. The molecule has 2 aromatic rings. The fourth-order valence-corrected chi connectivity index (χ4v) is 4.85. The summed E-state index contributed by atoms with van der Waals surface area (Å²) in [7, 11) is -3.93. The lowest BCUT2D eigenvalue weighted by atomic mass is 10.1. The van der Waals surface area contributed by atoms with Crippen molar-refractivity contribution < 1.29 is 30.8 Å². The molecule has 2 aromatic carbocycles. The summed E-state index contributed by atoms with van der Waals surface area (Å²) in [4.78, 5) is 14.2. The minimum Gasteiger partial charge on any atom is -0.369 e. The first-order chi connectivity index (χ1) is 15.0. The van der Waals surface area contributed by atoms with Crippen LogP contribution in [0, 0.1) is 12.7 Å². The zero-order chi connectivity index (χ0) is 23.5. The van der Waals surface area contributed by atoms with Gasteiger partial charge in [0.1, 0.15) is 11.6 Å². The molecule has 1 heterocycles. The molecule has 1 saturated heterocycles. The van der Waals surface area contributed by atoms with Crippen LogP contribution < -0.4 is 10.2 Å². The summed E-state index contributed by atoms with van der Waals surface area (Å²) < 4.78 is 78.7. The third-order valence-electron chi connectivity index (χ3n) is 5.17. The lowest BCUT2D eigenvalue weighted by molar-refractivity contribution is -0.138. The van der Waals surface area contributed by atoms with E-state index in [4.69, 9.17) is 0 Å². The van der Waals surface area contributed by atoms with Gasteiger partial charge in [0.05, 0.1) is 5.56 Å². The van der Waals surface area contributed by atoms with Crippen LogP contribution >= 0.6 is 0 Å². The number of nitrogens with zero attached hydrogens (tertiary/aromatic N) is 2. The Bertz CT molecular complexity index is 1080. The quantitative estimate of drug-likeness (QED) is 0.656. The average molecular weight is 473 g/mol. The van der Waals surface area contributed by atoms with Crippen molar-refractivity contribution in [1.29, 1.82) is 0 Å². The molecule has 1 aliphatic heterocycles. The van der Waals surface area contributed by atoms with Crippen molar-refractivity contribution in [2.75, 3.05) is 36.8 Å². The van der Waals surface area contributed by atoms with Crippen molar-refractivity contribution in [3.63, 3.8) is 0 Å². The van der Waals surface area contributed by atoms with E-state index < -0.39 is 45.8 Å². The van der Waals surface area contributed by atoms with E-state index in [1.54, 1.807) is 0 Å². The Morgan fingerprint density at radius 2 is 1.75 bits per heavy atom. The van der Waals surface area contributed by atoms with Crippen LogP contribution in [0.5, 0.6) is 0 Å². The van der Waals surface area contributed by atoms with Crippen LogP contribution in [0.1, 0.15) is 16.7 Å². The third-order valence-corrected chi connectivity index (χ3v) is 6.94. The molecule has 174 valence electrons. The Balaban J connectivity index is 1.57. The molecule has 1 amide bonds. The zero-order valence-corrected chi connectivity index (χ0v) is 18.1. The molecule has 0 radical (unpaired) electrons. The number of carbonyl (C=O) groups excluding carboxylic acids is 1. The Kier molecular flexibility index (Phi) is 7.09. The van der Waals surface area contributed by atoms with E-state index in [1.165, 1.54) is 4.31 Å². The van der Waals surface area contributed by atoms with E-state index in [0.29, 0.717) is 19.2 Å². The fourth-order valence-electron chi connectivity index (χ4n) is 3.52. The SMILES string of the molecule is Cc1cccc(N2CCN(S(=O)(=O)CC(=O)NCc3ccc(F)cc3C(F)(F)F)CC2)c1. The molecule has 32 heavy (non-hydrogen) atoms. The van der Waals surface area contributed by atoms with Crippen LogP contribution in [-0.4, -0.2) is 50.6 Å². The third kappa shape index (κ3) is 5.98. The molecule has 0 bridgehead atoms. The largest absolute Gasteiger partial charge is 0.416 e. The van der Waals surface area contributed by atoms with E-state index in [0.717, 1.165) is 23.4 Å². The van der Waals surface area contributed by atoms with Gasteiger partial charge in [-0.1, -0.05) is 18.2 Å². The number of benzene rings is 2. The van der Waals surface area contributed by atoms with Gasteiger partial charge >= 0.3 is 6.18 Å². The number of piperazine rings is 1. The highest BCUT2D eigenvalue weighted by molar-refractivity contribution is 7.89. The topological polar surface area (TPSA) is 69.7 Å². The second kappa shape index (κ2) is 9.45. The highest BCUT2D eigenvalue weighted by atomic mass is 32.2. The predicted molar refractivity (Wildman–Crippen MR) is 112 cm³/mol. The van der Waals surface area contributed by atoms with Crippen LogP contribution in [0.4, 0.5) is 23.2 Å². The highest BCUT2D eigenvalue weighted by Gasteiger charge is 2.34. The van der Waals surface area contributed by atoms with Crippen LogP contribution in [0.15, 0.2) is 42.5 Å². The monoisotopic (exact) mass is 473 g/mol. The van der Waals surface area contributed by atoms with E-state index in [-0.39, 0.29) is 18.7 Å². The molecule has 1 fully saturated rings.